The van der Waals surface area contributed by atoms with Crippen LogP contribution in [0.2, 0.25) is 0 Å². The predicted octanol–water partition coefficient (Wildman–Crippen LogP) is 0.766. The molecule has 2 N–H and O–H groups in total. The van der Waals surface area contributed by atoms with Crippen molar-refractivity contribution in [3.05, 3.63) is 24.3 Å². The molecule has 2 aromatic heterocycles. The molecule has 0 saturated carbocycles. The summed E-state index contributed by atoms with van der Waals surface area (Å²) >= 11 is -1.62. The van der Waals surface area contributed by atoms with Crippen molar-refractivity contribution in [3.8, 4) is 0 Å². The van der Waals surface area contributed by atoms with Crippen molar-refractivity contribution in [2.75, 3.05) is 5.73 Å². The van der Waals surface area contributed by atoms with E-state index in [1.807, 2.05) is 0 Å². The Morgan fingerprint density at radius 2 is 2.07 bits per heavy atom. The minimum atomic E-state index is -4.18. The van der Waals surface area contributed by atoms with Crippen molar-refractivity contribution in [2.45, 2.75) is 5.07 Å². The molecule has 2 aromatic rings. The van der Waals surface area contributed by atoms with Crippen LogP contribution in [0.3, 0.4) is 0 Å². The summed E-state index contributed by atoms with van der Waals surface area (Å²) in [6, 6.07) is 6.34. The second-order valence-electron chi connectivity index (χ2n) is 2.82. The normalized spacial score (nSPS) is 12.2. The minimum absolute atomic E-state index is 0.0351. The van der Waals surface area contributed by atoms with E-state index in [1.54, 1.807) is 18.2 Å². The molecule has 0 spiro atoms. The summed E-state index contributed by atoms with van der Waals surface area (Å²) in [7, 11) is 0. The average Bonchev–Trinajstić information content (AvgIpc) is 2.45. The fraction of sp³-hybridized carbons (Fsp3) is 0.125. The van der Waals surface area contributed by atoms with Gasteiger partial charge < -0.3 is 0 Å². The van der Waals surface area contributed by atoms with Gasteiger partial charge in [-0.15, -0.1) is 0 Å². The van der Waals surface area contributed by atoms with E-state index in [0.717, 1.165) is 0 Å². The first-order chi connectivity index (χ1) is 6.96. The number of rotatable bonds is 1. The second kappa shape index (κ2) is 3.43. The summed E-state index contributed by atoms with van der Waals surface area (Å²) in [6.07, 6.45) is 0. The van der Waals surface area contributed by atoms with Gasteiger partial charge in [0.1, 0.15) is 0 Å². The van der Waals surface area contributed by atoms with Crippen molar-refractivity contribution in [1.29, 1.82) is 0 Å². The third kappa shape index (κ3) is 2.24. The molecular formula is C8H6F3N3Se. The van der Waals surface area contributed by atoms with Crippen LogP contribution in [0.25, 0.3) is 5.52 Å². The van der Waals surface area contributed by atoms with E-state index in [2.05, 4.69) is 5.10 Å². The number of pyridine rings is 1. The van der Waals surface area contributed by atoms with Crippen LogP contribution in [0, 0.1) is 0 Å². The van der Waals surface area contributed by atoms with Gasteiger partial charge in [-0.2, -0.15) is 0 Å². The standard InChI is InChI=1S/C8H6F3N3Se/c9-8(10,11)15-7-4-5-2-1-3-6(12)14(5)13-7/h1-4H,12H2. The summed E-state index contributed by atoms with van der Waals surface area (Å²) in [4.78, 5) is 0. The Morgan fingerprint density at radius 1 is 1.33 bits per heavy atom. The van der Waals surface area contributed by atoms with Gasteiger partial charge in [-0.1, -0.05) is 0 Å². The number of anilines is 1. The molecule has 0 aliphatic carbocycles. The van der Waals surface area contributed by atoms with Gasteiger partial charge in [0.2, 0.25) is 0 Å². The van der Waals surface area contributed by atoms with Crippen LogP contribution in [0.1, 0.15) is 0 Å². The van der Waals surface area contributed by atoms with Crippen LogP contribution < -0.4 is 10.3 Å². The molecule has 0 aliphatic rings. The first kappa shape index (κ1) is 10.3. The topological polar surface area (TPSA) is 43.3 Å². The molecule has 0 amide bonds. The number of fused-ring (bicyclic) bond motifs is 1. The monoisotopic (exact) mass is 281 g/mol. The van der Waals surface area contributed by atoms with Crippen LogP contribution in [-0.2, 0) is 0 Å². The Balaban J connectivity index is 2.44. The van der Waals surface area contributed by atoms with Crippen LogP contribution in [0.15, 0.2) is 24.3 Å². The molecule has 0 radical (unpaired) electrons. The molecule has 3 nitrogen and oxygen atoms in total. The van der Waals surface area contributed by atoms with Gasteiger partial charge in [0.15, 0.2) is 0 Å². The molecule has 0 fully saturated rings. The van der Waals surface area contributed by atoms with Gasteiger partial charge >= 0.3 is 88.7 Å². The zero-order valence-electron chi connectivity index (χ0n) is 7.32. The molecule has 0 saturated heterocycles. The third-order valence-corrected chi connectivity index (χ3v) is 3.06. The first-order valence-electron chi connectivity index (χ1n) is 3.96. The summed E-state index contributed by atoms with van der Waals surface area (Å²) in [5, 5.41) is -0.384. The number of hydrogen-bond acceptors (Lipinski definition) is 2. The molecule has 0 bridgehead atoms. The molecule has 0 unspecified atom stereocenters. The average molecular weight is 280 g/mol. The zero-order valence-corrected chi connectivity index (χ0v) is 9.04. The van der Waals surface area contributed by atoms with E-state index in [4.69, 9.17) is 5.73 Å². The molecule has 80 valence electrons. The maximum absolute atomic E-state index is 12.1. The van der Waals surface area contributed by atoms with Gasteiger partial charge in [-0.05, 0) is 0 Å². The summed E-state index contributed by atoms with van der Waals surface area (Å²) < 4.78 is 37.7. The van der Waals surface area contributed by atoms with E-state index in [0.29, 0.717) is 11.3 Å². The number of nitrogens with zero attached hydrogens (tertiary/aromatic N) is 2. The predicted molar refractivity (Wildman–Crippen MR) is 51.0 cm³/mol. The third-order valence-electron chi connectivity index (χ3n) is 1.71. The fourth-order valence-corrected chi connectivity index (χ4v) is 2.31. The number of nitrogens with two attached hydrogens (primary N) is 1. The number of hydrogen-bond donors (Lipinski definition) is 1. The number of alkyl halides is 3. The van der Waals surface area contributed by atoms with Crippen molar-refractivity contribution < 1.29 is 13.2 Å². The summed E-state index contributed by atoms with van der Waals surface area (Å²) in [5.74, 6) is 0.330. The quantitative estimate of drug-likeness (QED) is 0.784. The van der Waals surface area contributed by atoms with E-state index in [-0.39, 0.29) is 4.59 Å². The van der Waals surface area contributed by atoms with Crippen LogP contribution in [0.4, 0.5) is 19.0 Å². The number of aromatic nitrogens is 2. The molecule has 2 rings (SSSR count). The molecule has 2 heterocycles. The first-order valence-corrected chi connectivity index (χ1v) is 5.67. The van der Waals surface area contributed by atoms with Crippen molar-refractivity contribution in [1.82, 2.24) is 9.61 Å². The fourth-order valence-electron chi connectivity index (χ4n) is 1.18. The van der Waals surface area contributed by atoms with Gasteiger partial charge in [0.05, 0.1) is 0 Å². The van der Waals surface area contributed by atoms with Crippen molar-refractivity contribution in [3.63, 3.8) is 0 Å². The molecular weight excluding hydrogens is 274 g/mol. The summed E-state index contributed by atoms with van der Waals surface area (Å²) in [6.45, 7) is 0. The molecule has 0 atom stereocenters. The SMILES string of the molecule is Nc1cccc2cc([Se]C(F)(F)F)nn12. The van der Waals surface area contributed by atoms with Crippen LogP contribution in [-0.4, -0.2) is 29.6 Å². The van der Waals surface area contributed by atoms with E-state index in [1.165, 1.54) is 10.6 Å². The van der Waals surface area contributed by atoms with E-state index >= 15 is 0 Å². The second-order valence-corrected chi connectivity index (χ2v) is 5.09. The Labute approximate surface area is 89.2 Å². The summed E-state index contributed by atoms with van der Waals surface area (Å²) in [5.41, 5.74) is 6.14. The Hall–Kier alpha value is -1.20. The molecule has 7 heteroatoms. The molecule has 0 aliphatic heterocycles. The molecule has 15 heavy (non-hydrogen) atoms. The Kier molecular flexibility index (Phi) is 2.36. The van der Waals surface area contributed by atoms with Crippen LogP contribution >= 0.6 is 0 Å². The van der Waals surface area contributed by atoms with Crippen molar-refractivity contribution >= 4 is 30.9 Å². The van der Waals surface area contributed by atoms with E-state index in [9.17, 15) is 13.2 Å². The number of halogens is 3. The maximum atomic E-state index is 12.1. The van der Waals surface area contributed by atoms with Crippen LogP contribution in [0.5, 0.6) is 0 Å². The van der Waals surface area contributed by atoms with Gasteiger partial charge in [-0.25, -0.2) is 0 Å². The van der Waals surface area contributed by atoms with Gasteiger partial charge in [0.25, 0.3) is 0 Å². The van der Waals surface area contributed by atoms with Gasteiger partial charge in [0, 0.05) is 0 Å². The Morgan fingerprint density at radius 3 is 2.67 bits per heavy atom. The van der Waals surface area contributed by atoms with Crippen molar-refractivity contribution in [2.24, 2.45) is 0 Å². The van der Waals surface area contributed by atoms with E-state index < -0.39 is 20.0 Å². The van der Waals surface area contributed by atoms with Gasteiger partial charge in [-0.3, -0.25) is 0 Å². The number of nitrogen functional groups attached to an aromatic ring is 1. The Bertz CT molecular complexity index is 491. The molecule has 0 aromatic carbocycles. The zero-order chi connectivity index (χ0) is 11.1.